The number of nitrogens with one attached hydrogen (secondary N) is 1. The second-order valence-corrected chi connectivity index (χ2v) is 8.85. The summed E-state index contributed by atoms with van der Waals surface area (Å²) in [4.78, 5) is 13.5. The Bertz CT molecular complexity index is 1150. The Balaban J connectivity index is 1.87. The molecule has 0 spiro atoms. The van der Waals surface area contributed by atoms with Gasteiger partial charge in [0.05, 0.1) is 30.2 Å². The van der Waals surface area contributed by atoms with Gasteiger partial charge in [0.15, 0.2) is 17.3 Å². The van der Waals surface area contributed by atoms with Crippen LogP contribution in [0.3, 0.4) is 0 Å². The molecule has 3 atom stereocenters. The SMILES string of the molecule is CCOc1c(Br)cc(C2C3=C(C=C(c4ccccc4)CC3=O)NC(C)C2C#N)cc1OC. The van der Waals surface area contributed by atoms with Gasteiger partial charge in [0.25, 0.3) is 0 Å². The van der Waals surface area contributed by atoms with Crippen molar-refractivity contribution >= 4 is 27.3 Å². The van der Waals surface area contributed by atoms with Gasteiger partial charge in [-0.15, -0.1) is 0 Å². The van der Waals surface area contributed by atoms with Crippen LogP contribution in [0, 0.1) is 17.2 Å². The number of benzene rings is 2. The van der Waals surface area contributed by atoms with Crippen LogP contribution in [0.25, 0.3) is 5.57 Å². The van der Waals surface area contributed by atoms with Crippen LogP contribution in [-0.4, -0.2) is 25.5 Å². The molecule has 0 fully saturated rings. The van der Waals surface area contributed by atoms with E-state index in [2.05, 4.69) is 33.4 Å². The van der Waals surface area contributed by atoms with Crippen LogP contribution in [0.2, 0.25) is 0 Å². The van der Waals surface area contributed by atoms with E-state index in [-0.39, 0.29) is 17.7 Å². The first-order valence-electron chi connectivity index (χ1n) is 10.7. The van der Waals surface area contributed by atoms with E-state index in [4.69, 9.17) is 9.47 Å². The number of ketones is 1. The Kier molecular flexibility index (Phi) is 6.38. The number of Topliss-reactive ketones (excluding diaryl/α,β-unsaturated/α-hetero) is 1. The van der Waals surface area contributed by atoms with Crippen LogP contribution >= 0.6 is 15.9 Å². The van der Waals surface area contributed by atoms with Crippen LogP contribution in [0.15, 0.2) is 64.3 Å². The molecule has 2 aromatic rings. The van der Waals surface area contributed by atoms with Crippen LogP contribution in [0.5, 0.6) is 11.5 Å². The van der Waals surface area contributed by atoms with Gasteiger partial charge >= 0.3 is 0 Å². The highest BCUT2D eigenvalue weighted by Gasteiger charge is 2.42. The fourth-order valence-electron chi connectivity index (χ4n) is 4.59. The molecule has 2 aliphatic rings. The zero-order valence-electron chi connectivity index (χ0n) is 18.3. The minimum absolute atomic E-state index is 0.0370. The highest BCUT2D eigenvalue weighted by Crippen LogP contribution is 2.47. The highest BCUT2D eigenvalue weighted by molar-refractivity contribution is 9.10. The molecule has 0 saturated carbocycles. The molecule has 1 aliphatic heterocycles. The summed E-state index contributed by atoms with van der Waals surface area (Å²) in [5.41, 5.74) is 4.33. The third-order valence-corrected chi connectivity index (χ3v) is 6.63. The van der Waals surface area contributed by atoms with E-state index in [9.17, 15) is 10.1 Å². The van der Waals surface area contributed by atoms with Crippen molar-refractivity contribution in [3.63, 3.8) is 0 Å². The first-order chi connectivity index (χ1) is 15.5. The summed E-state index contributed by atoms with van der Waals surface area (Å²) in [5, 5.41) is 13.4. The number of nitriles is 1. The smallest absolute Gasteiger partial charge is 0.175 e. The molecule has 1 N–H and O–H groups in total. The Hall–Kier alpha value is -3.04. The van der Waals surface area contributed by atoms with Gasteiger partial charge in [-0.25, -0.2) is 0 Å². The summed E-state index contributed by atoms with van der Waals surface area (Å²) < 4.78 is 12.0. The largest absolute Gasteiger partial charge is 0.493 e. The number of carbonyl (C=O) groups excluding carboxylic acids is 1. The van der Waals surface area contributed by atoms with Crippen molar-refractivity contribution in [1.29, 1.82) is 5.26 Å². The predicted molar refractivity (Wildman–Crippen MR) is 127 cm³/mol. The zero-order chi connectivity index (χ0) is 22.8. The molecule has 4 rings (SSSR count). The third-order valence-electron chi connectivity index (χ3n) is 6.05. The van der Waals surface area contributed by atoms with Crippen molar-refractivity contribution < 1.29 is 14.3 Å². The van der Waals surface area contributed by atoms with Gasteiger partial charge < -0.3 is 14.8 Å². The number of hydrogen-bond donors (Lipinski definition) is 1. The number of halogens is 1. The summed E-state index contributed by atoms with van der Waals surface area (Å²) in [6, 6.07) is 16.1. The van der Waals surface area contributed by atoms with Gasteiger partial charge in [-0.2, -0.15) is 5.26 Å². The maximum absolute atomic E-state index is 13.5. The second-order valence-electron chi connectivity index (χ2n) is 8.00. The predicted octanol–water partition coefficient (Wildman–Crippen LogP) is 5.38. The molecule has 164 valence electrons. The summed E-state index contributed by atoms with van der Waals surface area (Å²) >= 11 is 3.59. The highest BCUT2D eigenvalue weighted by atomic mass is 79.9. The van der Waals surface area contributed by atoms with Gasteiger partial charge in [0, 0.05) is 29.7 Å². The molecule has 6 heteroatoms. The van der Waals surface area contributed by atoms with E-state index in [0.717, 1.165) is 26.9 Å². The molecule has 3 unspecified atom stereocenters. The first kappa shape index (κ1) is 22.2. The molecule has 0 amide bonds. The van der Waals surface area contributed by atoms with Crippen molar-refractivity contribution in [1.82, 2.24) is 5.32 Å². The Morgan fingerprint density at radius 3 is 2.66 bits per heavy atom. The molecule has 0 saturated heterocycles. The summed E-state index contributed by atoms with van der Waals surface area (Å²) in [7, 11) is 1.59. The average Bonchev–Trinajstić information content (AvgIpc) is 2.79. The normalized spacial score (nSPS) is 22.4. The van der Waals surface area contributed by atoms with Gasteiger partial charge in [0.2, 0.25) is 0 Å². The molecule has 5 nitrogen and oxygen atoms in total. The molecular formula is C26H25BrN2O3. The lowest BCUT2D eigenvalue weighted by Crippen LogP contribution is -2.44. The number of ether oxygens (including phenoxy) is 2. The van der Waals surface area contributed by atoms with Crippen LogP contribution in [-0.2, 0) is 4.79 Å². The fourth-order valence-corrected chi connectivity index (χ4v) is 5.16. The molecule has 32 heavy (non-hydrogen) atoms. The van der Waals surface area contributed by atoms with E-state index < -0.39 is 5.92 Å². The topological polar surface area (TPSA) is 71.3 Å². The van der Waals surface area contributed by atoms with Gasteiger partial charge in [-0.3, -0.25) is 4.79 Å². The van der Waals surface area contributed by atoms with Gasteiger partial charge in [-0.1, -0.05) is 30.3 Å². The lowest BCUT2D eigenvalue weighted by molar-refractivity contribution is -0.115. The number of methoxy groups -OCH3 is 1. The number of hydrogen-bond acceptors (Lipinski definition) is 5. The monoisotopic (exact) mass is 492 g/mol. The number of nitrogens with zero attached hydrogens (tertiary/aromatic N) is 1. The van der Waals surface area contributed by atoms with Crippen molar-refractivity contribution in [2.75, 3.05) is 13.7 Å². The summed E-state index contributed by atoms with van der Waals surface area (Å²) in [6.07, 6.45) is 2.37. The Morgan fingerprint density at radius 1 is 1.25 bits per heavy atom. The van der Waals surface area contributed by atoms with E-state index in [1.54, 1.807) is 7.11 Å². The minimum atomic E-state index is -0.404. The van der Waals surface area contributed by atoms with Crippen molar-refractivity contribution in [2.45, 2.75) is 32.2 Å². The molecule has 0 radical (unpaired) electrons. The Labute approximate surface area is 196 Å². The maximum atomic E-state index is 13.5. The van der Waals surface area contributed by atoms with E-state index >= 15 is 0 Å². The minimum Gasteiger partial charge on any atom is -0.493 e. The number of rotatable bonds is 5. The molecule has 0 aromatic heterocycles. The molecule has 0 bridgehead atoms. The van der Waals surface area contributed by atoms with Crippen LogP contribution in [0.1, 0.15) is 37.3 Å². The van der Waals surface area contributed by atoms with Gasteiger partial charge in [-0.05, 0) is 64.7 Å². The van der Waals surface area contributed by atoms with Crippen molar-refractivity contribution in [3.8, 4) is 17.6 Å². The molecule has 2 aromatic carbocycles. The van der Waals surface area contributed by atoms with Crippen LogP contribution < -0.4 is 14.8 Å². The average molecular weight is 493 g/mol. The molecule has 1 aliphatic carbocycles. The van der Waals surface area contributed by atoms with Crippen molar-refractivity contribution in [2.24, 2.45) is 5.92 Å². The lowest BCUT2D eigenvalue weighted by Gasteiger charge is -2.38. The first-order valence-corrected chi connectivity index (χ1v) is 11.5. The van der Waals surface area contributed by atoms with E-state index in [0.29, 0.717) is 30.1 Å². The van der Waals surface area contributed by atoms with E-state index in [1.807, 2.05) is 56.3 Å². The fraction of sp³-hybridized carbons (Fsp3) is 0.308. The quantitative estimate of drug-likeness (QED) is 0.606. The molecular weight excluding hydrogens is 468 g/mol. The van der Waals surface area contributed by atoms with Crippen LogP contribution in [0.4, 0.5) is 0 Å². The third kappa shape index (κ3) is 3.93. The summed E-state index contributed by atoms with van der Waals surface area (Å²) in [5.74, 6) is 0.455. The zero-order valence-corrected chi connectivity index (χ0v) is 19.9. The lowest BCUT2D eigenvalue weighted by atomic mass is 9.70. The number of allylic oxidation sites excluding steroid dienone is 3. The number of carbonyl (C=O) groups is 1. The maximum Gasteiger partial charge on any atom is 0.175 e. The second kappa shape index (κ2) is 9.22. The Morgan fingerprint density at radius 2 is 2.00 bits per heavy atom. The van der Waals surface area contributed by atoms with E-state index in [1.165, 1.54) is 0 Å². The standard InChI is InChI=1S/C26H25BrN2O3/c1-4-32-26-20(27)10-18(13-23(26)31-3)24-19(14-28)15(2)29-21-11-17(12-22(30)25(21)24)16-8-6-5-7-9-16/h5-11,13,15,19,24,29H,4,12H2,1-3H3. The molecule has 1 heterocycles. The summed E-state index contributed by atoms with van der Waals surface area (Å²) in [6.45, 7) is 4.40. The van der Waals surface area contributed by atoms with Crippen molar-refractivity contribution in [3.05, 3.63) is 75.4 Å². The van der Waals surface area contributed by atoms with Gasteiger partial charge in [0.1, 0.15) is 0 Å².